The fourth-order valence-electron chi connectivity index (χ4n) is 1.16. The zero-order valence-corrected chi connectivity index (χ0v) is 8.98. The van der Waals surface area contributed by atoms with E-state index in [1.54, 1.807) is 0 Å². The molecule has 1 rings (SSSR count). The van der Waals surface area contributed by atoms with E-state index in [0.29, 0.717) is 0 Å². The third-order valence-corrected chi connectivity index (χ3v) is 2.74. The Balaban J connectivity index is 2.90. The smallest absolute Gasteiger partial charge is 0.229 e. The first-order valence-corrected chi connectivity index (χ1v) is 6.07. The molecule has 0 heterocycles. The van der Waals surface area contributed by atoms with Gasteiger partial charge in [0.15, 0.2) is 0 Å². The minimum absolute atomic E-state index is 0.821. The molecule has 0 aromatic heterocycles. The number of primary sulfonamides is 1. The van der Waals surface area contributed by atoms with E-state index in [1.165, 1.54) is 12.1 Å². The molecule has 1 aromatic carbocycles. The molecule has 0 aliphatic carbocycles. The van der Waals surface area contributed by atoms with E-state index in [0.717, 1.165) is 12.1 Å². The Morgan fingerprint density at radius 1 is 1.25 bits per heavy atom. The molecule has 0 aliphatic rings. The molecular formula is C9H10F3NO2S. The van der Waals surface area contributed by atoms with Crippen LogP contribution in [0.1, 0.15) is 12.0 Å². The molecule has 90 valence electrons. The largest absolute Gasteiger partial charge is 0.277 e. The van der Waals surface area contributed by atoms with Crippen molar-refractivity contribution >= 4 is 10.0 Å². The van der Waals surface area contributed by atoms with E-state index in [9.17, 15) is 21.6 Å². The summed E-state index contributed by atoms with van der Waals surface area (Å²) in [6, 6.07) is 4.33. The van der Waals surface area contributed by atoms with Gasteiger partial charge in [-0.3, -0.25) is 0 Å². The lowest BCUT2D eigenvalue weighted by molar-refractivity contribution is -0.0109. The van der Waals surface area contributed by atoms with Crippen molar-refractivity contribution in [2.75, 3.05) is 5.75 Å². The van der Waals surface area contributed by atoms with Gasteiger partial charge in [0, 0.05) is 6.42 Å². The Morgan fingerprint density at radius 2 is 1.81 bits per heavy atom. The highest BCUT2D eigenvalue weighted by molar-refractivity contribution is 7.89. The van der Waals surface area contributed by atoms with Crippen LogP contribution in [0.15, 0.2) is 24.3 Å². The summed E-state index contributed by atoms with van der Waals surface area (Å²) < 4.78 is 60.9. The van der Waals surface area contributed by atoms with Gasteiger partial charge in [-0.25, -0.2) is 26.7 Å². The molecule has 0 atom stereocenters. The van der Waals surface area contributed by atoms with E-state index in [4.69, 9.17) is 0 Å². The standard InChI is InChI=1S/C9H10F3NO2S/c10-8-4-2-1-3-7(8)9(11,12)5-6-16(13,14)15/h1-4H,5-6H2,(H2,13,14,15). The van der Waals surface area contributed by atoms with Gasteiger partial charge >= 0.3 is 0 Å². The van der Waals surface area contributed by atoms with E-state index >= 15 is 0 Å². The third-order valence-electron chi connectivity index (χ3n) is 1.97. The van der Waals surface area contributed by atoms with Crippen molar-refractivity contribution in [2.24, 2.45) is 5.14 Å². The van der Waals surface area contributed by atoms with Crippen LogP contribution in [0.4, 0.5) is 13.2 Å². The summed E-state index contributed by atoms with van der Waals surface area (Å²) in [6.07, 6.45) is -1.03. The lowest BCUT2D eigenvalue weighted by atomic mass is 10.1. The van der Waals surface area contributed by atoms with Crippen molar-refractivity contribution in [3.05, 3.63) is 35.6 Å². The maximum atomic E-state index is 13.4. The molecule has 0 aliphatic heterocycles. The van der Waals surface area contributed by atoms with Crippen LogP contribution in [0.25, 0.3) is 0 Å². The van der Waals surface area contributed by atoms with E-state index in [1.807, 2.05) is 0 Å². The van der Waals surface area contributed by atoms with Crippen LogP contribution < -0.4 is 5.14 Å². The second-order valence-corrected chi connectivity index (χ2v) is 5.04. The zero-order chi connectivity index (χ0) is 12.4. The second-order valence-electron chi connectivity index (χ2n) is 3.30. The Labute approximate surface area is 91.1 Å². The van der Waals surface area contributed by atoms with Crippen molar-refractivity contribution in [3.8, 4) is 0 Å². The molecule has 0 unspecified atom stereocenters. The summed E-state index contributed by atoms with van der Waals surface area (Å²) in [6.45, 7) is 0. The van der Waals surface area contributed by atoms with Gasteiger partial charge < -0.3 is 0 Å². The van der Waals surface area contributed by atoms with Crippen LogP contribution in [0, 0.1) is 5.82 Å². The summed E-state index contributed by atoms with van der Waals surface area (Å²) >= 11 is 0. The zero-order valence-electron chi connectivity index (χ0n) is 8.16. The van der Waals surface area contributed by atoms with Gasteiger partial charge in [-0.05, 0) is 6.07 Å². The normalized spacial score (nSPS) is 12.8. The van der Waals surface area contributed by atoms with Gasteiger partial charge in [0.05, 0.1) is 11.3 Å². The number of sulfonamides is 1. The van der Waals surface area contributed by atoms with Gasteiger partial charge in [-0.15, -0.1) is 0 Å². The monoisotopic (exact) mass is 253 g/mol. The molecule has 1 aromatic rings. The average molecular weight is 253 g/mol. The predicted molar refractivity (Wildman–Crippen MR) is 52.9 cm³/mol. The Hall–Kier alpha value is -1.08. The predicted octanol–water partition coefficient (Wildman–Crippen LogP) is 1.60. The highest BCUT2D eigenvalue weighted by atomic mass is 32.2. The van der Waals surface area contributed by atoms with Crippen LogP contribution in [0.3, 0.4) is 0 Å². The van der Waals surface area contributed by atoms with Gasteiger partial charge in [0.2, 0.25) is 10.0 Å². The molecule has 0 spiro atoms. The van der Waals surface area contributed by atoms with Crippen molar-refractivity contribution in [2.45, 2.75) is 12.3 Å². The van der Waals surface area contributed by atoms with Crippen LogP contribution in [-0.4, -0.2) is 14.2 Å². The van der Waals surface area contributed by atoms with Crippen molar-refractivity contribution in [1.82, 2.24) is 0 Å². The minimum atomic E-state index is -3.98. The summed E-state index contributed by atoms with van der Waals surface area (Å²) in [4.78, 5) is 0. The lowest BCUT2D eigenvalue weighted by Gasteiger charge is -2.16. The van der Waals surface area contributed by atoms with Gasteiger partial charge in [-0.2, -0.15) is 0 Å². The lowest BCUT2D eigenvalue weighted by Crippen LogP contribution is -2.24. The first-order valence-electron chi connectivity index (χ1n) is 4.36. The first-order chi connectivity index (χ1) is 7.22. The fourth-order valence-corrected chi connectivity index (χ4v) is 1.70. The number of benzene rings is 1. The van der Waals surface area contributed by atoms with Crippen LogP contribution in [0.5, 0.6) is 0 Å². The molecule has 0 saturated heterocycles. The quantitative estimate of drug-likeness (QED) is 0.885. The molecule has 0 radical (unpaired) electrons. The molecule has 3 nitrogen and oxygen atoms in total. The number of alkyl halides is 2. The Morgan fingerprint density at radius 3 is 2.31 bits per heavy atom. The molecule has 16 heavy (non-hydrogen) atoms. The molecule has 2 N–H and O–H groups in total. The average Bonchev–Trinajstić information content (AvgIpc) is 2.14. The van der Waals surface area contributed by atoms with Crippen LogP contribution >= 0.6 is 0 Å². The van der Waals surface area contributed by atoms with Gasteiger partial charge in [0.25, 0.3) is 5.92 Å². The summed E-state index contributed by atoms with van der Waals surface area (Å²) in [5.74, 6) is -5.51. The number of nitrogens with two attached hydrogens (primary N) is 1. The van der Waals surface area contributed by atoms with E-state index < -0.39 is 39.5 Å². The summed E-state index contributed by atoms with van der Waals surface area (Å²) in [7, 11) is -3.98. The highest BCUT2D eigenvalue weighted by Gasteiger charge is 2.35. The Bertz CT molecular complexity index is 473. The van der Waals surface area contributed by atoms with Crippen LogP contribution in [-0.2, 0) is 15.9 Å². The minimum Gasteiger partial charge on any atom is -0.229 e. The highest BCUT2D eigenvalue weighted by Crippen LogP contribution is 2.33. The number of hydrogen-bond acceptors (Lipinski definition) is 2. The maximum absolute atomic E-state index is 13.4. The Kier molecular flexibility index (Phi) is 3.59. The number of rotatable bonds is 4. The van der Waals surface area contributed by atoms with Crippen LogP contribution in [0.2, 0.25) is 0 Å². The van der Waals surface area contributed by atoms with Gasteiger partial charge in [0.1, 0.15) is 5.82 Å². The summed E-state index contributed by atoms with van der Waals surface area (Å²) in [5.41, 5.74) is -0.821. The molecule has 0 amide bonds. The van der Waals surface area contributed by atoms with E-state index in [2.05, 4.69) is 5.14 Å². The SMILES string of the molecule is NS(=O)(=O)CCC(F)(F)c1ccccc1F. The molecule has 0 bridgehead atoms. The van der Waals surface area contributed by atoms with Crippen molar-refractivity contribution in [3.63, 3.8) is 0 Å². The molecule has 0 saturated carbocycles. The fraction of sp³-hybridized carbons (Fsp3) is 0.333. The first kappa shape index (κ1) is 13.0. The number of hydrogen-bond donors (Lipinski definition) is 1. The van der Waals surface area contributed by atoms with Crippen molar-refractivity contribution < 1.29 is 21.6 Å². The van der Waals surface area contributed by atoms with E-state index in [-0.39, 0.29) is 0 Å². The second kappa shape index (κ2) is 4.42. The van der Waals surface area contributed by atoms with Gasteiger partial charge in [-0.1, -0.05) is 18.2 Å². The molecule has 7 heteroatoms. The maximum Gasteiger partial charge on any atom is 0.277 e. The summed E-state index contributed by atoms with van der Waals surface area (Å²) in [5, 5.41) is 4.60. The van der Waals surface area contributed by atoms with Crippen molar-refractivity contribution in [1.29, 1.82) is 0 Å². The molecular weight excluding hydrogens is 243 g/mol. The third kappa shape index (κ3) is 3.49. The number of halogens is 3. The molecule has 0 fully saturated rings. The topological polar surface area (TPSA) is 60.2 Å².